The fourth-order valence-corrected chi connectivity index (χ4v) is 1.31. The highest BCUT2D eigenvalue weighted by atomic mass is 16.5. The zero-order valence-electron chi connectivity index (χ0n) is 11.8. The van der Waals surface area contributed by atoms with Gasteiger partial charge in [-0.2, -0.15) is 0 Å². The first-order chi connectivity index (χ1) is 8.16. The number of nitrogens with one attached hydrogen (secondary N) is 1. The van der Waals surface area contributed by atoms with E-state index in [2.05, 4.69) is 26.1 Å². The number of ether oxygens (including phenoxy) is 3. The maximum atomic E-state index is 5.54. The molecule has 1 atom stereocenters. The minimum atomic E-state index is 0.543. The van der Waals surface area contributed by atoms with Gasteiger partial charge in [-0.05, 0) is 12.3 Å². The molecule has 0 spiro atoms. The molecule has 0 fully saturated rings. The fourth-order valence-electron chi connectivity index (χ4n) is 1.31. The topological polar surface area (TPSA) is 39.7 Å². The van der Waals surface area contributed by atoms with E-state index in [1.807, 2.05) is 0 Å². The van der Waals surface area contributed by atoms with Gasteiger partial charge in [-0.15, -0.1) is 0 Å². The molecular formula is C13H29NO3. The molecule has 0 radical (unpaired) electrons. The SMILES string of the molecule is COCCCOCCOCC(C)CNC(C)C. The van der Waals surface area contributed by atoms with E-state index in [9.17, 15) is 0 Å². The fraction of sp³-hybridized carbons (Fsp3) is 1.00. The van der Waals surface area contributed by atoms with Gasteiger partial charge in [0.1, 0.15) is 0 Å². The van der Waals surface area contributed by atoms with E-state index >= 15 is 0 Å². The average Bonchev–Trinajstić information content (AvgIpc) is 2.30. The van der Waals surface area contributed by atoms with Gasteiger partial charge >= 0.3 is 0 Å². The molecule has 0 aliphatic rings. The van der Waals surface area contributed by atoms with Crippen molar-refractivity contribution in [3.63, 3.8) is 0 Å². The molecule has 0 heterocycles. The third kappa shape index (κ3) is 13.8. The Balaban J connectivity index is 3.11. The van der Waals surface area contributed by atoms with Crippen LogP contribution in [0.3, 0.4) is 0 Å². The summed E-state index contributed by atoms with van der Waals surface area (Å²) >= 11 is 0. The zero-order chi connectivity index (χ0) is 12.9. The van der Waals surface area contributed by atoms with Gasteiger partial charge in [-0.25, -0.2) is 0 Å². The van der Waals surface area contributed by atoms with Crippen LogP contribution in [0.5, 0.6) is 0 Å². The number of rotatable bonds is 12. The van der Waals surface area contributed by atoms with E-state index < -0.39 is 0 Å². The third-order valence-electron chi connectivity index (χ3n) is 2.29. The van der Waals surface area contributed by atoms with Crippen molar-refractivity contribution in [1.29, 1.82) is 0 Å². The molecule has 0 amide bonds. The Hall–Kier alpha value is -0.160. The minimum Gasteiger partial charge on any atom is -0.385 e. The molecule has 4 nitrogen and oxygen atoms in total. The van der Waals surface area contributed by atoms with Gasteiger partial charge in [0.05, 0.1) is 19.8 Å². The summed E-state index contributed by atoms with van der Waals surface area (Å²) in [5.74, 6) is 0.547. The van der Waals surface area contributed by atoms with Crippen LogP contribution < -0.4 is 5.32 Å². The quantitative estimate of drug-likeness (QED) is 0.533. The lowest BCUT2D eigenvalue weighted by atomic mass is 10.2. The predicted molar refractivity (Wildman–Crippen MR) is 70.4 cm³/mol. The summed E-state index contributed by atoms with van der Waals surface area (Å²) in [6.45, 7) is 11.2. The van der Waals surface area contributed by atoms with Gasteiger partial charge in [0, 0.05) is 32.9 Å². The molecule has 0 bridgehead atoms. The van der Waals surface area contributed by atoms with Gasteiger partial charge in [-0.3, -0.25) is 0 Å². The molecule has 1 N–H and O–H groups in total. The first-order valence-electron chi connectivity index (χ1n) is 6.54. The highest BCUT2D eigenvalue weighted by molar-refractivity contribution is 4.58. The lowest BCUT2D eigenvalue weighted by Gasteiger charge is -2.15. The molecule has 0 aromatic heterocycles. The molecule has 0 aliphatic carbocycles. The molecule has 0 aromatic carbocycles. The summed E-state index contributed by atoms with van der Waals surface area (Å²) in [6.07, 6.45) is 0.950. The van der Waals surface area contributed by atoms with Crippen molar-refractivity contribution >= 4 is 0 Å². The Morgan fingerprint density at radius 3 is 2.29 bits per heavy atom. The summed E-state index contributed by atoms with van der Waals surface area (Å²) in [5, 5.41) is 3.40. The van der Waals surface area contributed by atoms with Crippen molar-refractivity contribution in [2.45, 2.75) is 33.2 Å². The monoisotopic (exact) mass is 247 g/mol. The van der Waals surface area contributed by atoms with Crippen molar-refractivity contribution in [2.75, 3.05) is 46.7 Å². The molecule has 0 saturated carbocycles. The first kappa shape index (κ1) is 16.8. The third-order valence-corrected chi connectivity index (χ3v) is 2.29. The van der Waals surface area contributed by atoms with Crippen LogP contribution in [-0.4, -0.2) is 52.7 Å². The van der Waals surface area contributed by atoms with E-state index in [0.29, 0.717) is 25.2 Å². The second kappa shape index (κ2) is 12.3. The van der Waals surface area contributed by atoms with E-state index in [1.165, 1.54) is 0 Å². The van der Waals surface area contributed by atoms with Crippen molar-refractivity contribution in [1.82, 2.24) is 5.32 Å². The highest BCUT2D eigenvalue weighted by Gasteiger charge is 2.02. The second-order valence-corrected chi connectivity index (χ2v) is 4.70. The average molecular weight is 247 g/mol. The summed E-state index contributed by atoms with van der Waals surface area (Å²) in [7, 11) is 1.70. The van der Waals surface area contributed by atoms with Crippen LogP contribution in [0.1, 0.15) is 27.2 Å². The zero-order valence-corrected chi connectivity index (χ0v) is 11.8. The molecule has 17 heavy (non-hydrogen) atoms. The molecule has 0 aliphatic heterocycles. The maximum absolute atomic E-state index is 5.54. The van der Waals surface area contributed by atoms with Crippen LogP contribution in [0.25, 0.3) is 0 Å². The highest BCUT2D eigenvalue weighted by Crippen LogP contribution is 1.95. The van der Waals surface area contributed by atoms with E-state index in [-0.39, 0.29) is 0 Å². The smallest absolute Gasteiger partial charge is 0.0700 e. The lowest BCUT2D eigenvalue weighted by molar-refractivity contribution is 0.0294. The van der Waals surface area contributed by atoms with Crippen LogP contribution in [0.15, 0.2) is 0 Å². The van der Waals surface area contributed by atoms with Crippen molar-refractivity contribution in [3.8, 4) is 0 Å². The first-order valence-corrected chi connectivity index (χ1v) is 6.54. The molecule has 1 unspecified atom stereocenters. The normalized spacial score (nSPS) is 13.2. The van der Waals surface area contributed by atoms with Crippen molar-refractivity contribution in [2.24, 2.45) is 5.92 Å². The Labute approximate surface area is 106 Å². The standard InChI is InChI=1S/C13H29NO3/c1-12(2)14-10-13(3)11-17-9-8-16-7-5-6-15-4/h12-14H,5-11H2,1-4H3. The van der Waals surface area contributed by atoms with Crippen LogP contribution in [0, 0.1) is 5.92 Å². The van der Waals surface area contributed by atoms with Crippen molar-refractivity contribution < 1.29 is 14.2 Å². The summed E-state index contributed by atoms with van der Waals surface area (Å²) in [5.41, 5.74) is 0. The molecule has 0 saturated heterocycles. The molecular weight excluding hydrogens is 218 g/mol. The molecule has 0 aromatic rings. The van der Waals surface area contributed by atoms with E-state index in [4.69, 9.17) is 14.2 Å². The second-order valence-electron chi connectivity index (χ2n) is 4.70. The maximum Gasteiger partial charge on any atom is 0.0700 e. The summed E-state index contributed by atoms with van der Waals surface area (Å²) < 4.78 is 15.9. The van der Waals surface area contributed by atoms with E-state index in [1.54, 1.807) is 7.11 Å². The summed E-state index contributed by atoms with van der Waals surface area (Å²) in [4.78, 5) is 0. The van der Waals surface area contributed by atoms with Gasteiger partial charge in [-0.1, -0.05) is 20.8 Å². The van der Waals surface area contributed by atoms with Crippen molar-refractivity contribution in [3.05, 3.63) is 0 Å². The lowest BCUT2D eigenvalue weighted by Crippen LogP contribution is -2.29. The van der Waals surface area contributed by atoms with Gasteiger partial charge < -0.3 is 19.5 Å². The summed E-state index contributed by atoms with van der Waals surface area (Å²) in [6, 6.07) is 0.543. The van der Waals surface area contributed by atoms with Crippen LogP contribution >= 0.6 is 0 Å². The largest absolute Gasteiger partial charge is 0.385 e. The Kier molecular flexibility index (Phi) is 12.2. The van der Waals surface area contributed by atoms with Crippen LogP contribution in [0.2, 0.25) is 0 Å². The van der Waals surface area contributed by atoms with Gasteiger partial charge in [0.15, 0.2) is 0 Å². The van der Waals surface area contributed by atoms with Crippen LogP contribution in [0.4, 0.5) is 0 Å². The van der Waals surface area contributed by atoms with E-state index in [0.717, 1.165) is 32.8 Å². The Morgan fingerprint density at radius 1 is 0.941 bits per heavy atom. The predicted octanol–water partition coefficient (Wildman–Crippen LogP) is 1.69. The molecule has 104 valence electrons. The minimum absolute atomic E-state index is 0.543. The molecule has 0 rings (SSSR count). The van der Waals surface area contributed by atoms with Gasteiger partial charge in [0.2, 0.25) is 0 Å². The Morgan fingerprint density at radius 2 is 1.65 bits per heavy atom. The number of hydrogen-bond donors (Lipinski definition) is 1. The molecule has 4 heteroatoms. The Bertz CT molecular complexity index is 154. The number of hydrogen-bond acceptors (Lipinski definition) is 4. The van der Waals surface area contributed by atoms with Crippen LogP contribution in [-0.2, 0) is 14.2 Å². The number of methoxy groups -OCH3 is 1. The van der Waals surface area contributed by atoms with Gasteiger partial charge in [0.25, 0.3) is 0 Å².